The van der Waals surface area contributed by atoms with Gasteiger partial charge in [-0.1, -0.05) is 243 Å². The summed E-state index contributed by atoms with van der Waals surface area (Å²) in [6, 6.07) is 121. The lowest BCUT2D eigenvalue weighted by molar-refractivity contribution is -0.156. The van der Waals surface area contributed by atoms with Crippen molar-refractivity contribution in [3.8, 4) is 80.5 Å². The minimum Gasteiger partial charge on any atom is -0.489 e. The van der Waals surface area contributed by atoms with Gasteiger partial charge in [0.25, 0.3) is 0 Å². The molecule has 0 radical (unpaired) electrons. The summed E-state index contributed by atoms with van der Waals surface area (Å²) in [7, 11) is 0. The van der Waals surface area contributed by atoms with Crippen LogP contribution in [0.1, 0.15) is 89.9 Å². The van der Waals surface area contributed by atoms with Gasteiger partial charge in [-0.25, -0.2) is 0 Å². The standard InChI is InChI=1S/C113H98O16/c114-112(113-108-62-107-109(110(107)113)111(108)113)129-77-92-53-105(127-75-90-49-101(123-71-86-41-93(115-63-78-25-9-1-10-26-78)55-94(42-86)116-64-79-27-11-2-12-28-79)59-102(50-90)124-72-87-43-95(117-65-80-29-13-3-14-30-80)56-96(44-87)118-66-81-31-15-4-16-32-81)61-106(54-92)128-76-91-51-103(125-73-88-45-97(119-67-82-33-17-5-18-34-82)57-98(46-88)120-68-83-35-19-6-20-36-83)60-104(52-91)126-74-89-47-99(121-69-84-37-21-7-22-38-84)58-100(48-89)122-70-85-39-23-8-24-40-85/h1-61,107-111H,62-77H2. The lowest BCUT2D eigenvalue weighted by atomic mass is 9.84. The second-order valence-corrected chi connectivity index (χ2v) is 33.3. The van der Waals surface area contributed by atoms with E-state index in [4.69, 9.17) is 71.1 Å². The molecular formula is C113H98O16. The number of carbonyl (C=O) groups excluding carboxylic acids is 1. The fourth-order valence-corrected chi connectivity index (χ4v) is 17.7. The van der Waals surface area contributed by atoms with Crippen molar-refractivity contribution in [2.75, 3.05) is 0 Å². The summed E-state index contributed by atoms with van der Waals surface area (Å²) in [6.45, 7) is 3.54. The molecule has 16 heteroatoms. The molecule has 16 nitrogen and oxygen atoms in total. The van der Waals surface area contributed by atoms with E-state index in [1.807, 2.05) is 370 Å². The van der Waals surface area contributed by atoms with Crippen LogP contribution >= 0.6 is 0 Å². The molecule has 6 atom stereocenters. The Morgan fingerprint density at radius 3 is 0.488 bits per heavy atom. The Morgan fingerprint density at radius 1 is 0.194 bits per heavy atom. The van der Waals surface area contributed by atoms with Crippen LogP contribution in [0.2, 0.25) is 0 Å². The predicted molar refractivity (Wildman–Crippen MR) is 492 cm³/mol. The first-order valence-electron chi connectivity index (χ1n) is 43.9. The quantitative estimate of drug-likeness (QED) is 0.0332. The smallest absolute Gasteiger partial charge is 0.313 e. The van der Waals surface area contributed by atoms with Crippen LogP contribution in [0.25, 0.3) is 0 Å². The van der Waals surface area contributed by atoms with E-state index in [1.54, 1.807) is 0 Å². The highest BCUT2D eigenvalue weighted by molar-refractivity contribution is 5.87. The summed E-state index contributed by atoms with van der Waals surface area (Å²) in [5.41, 5.74) is 13.3. The number of benzene rings is 15. The first kappa shape index (κ1) is 83.5. The zero-order chi connectivity index (χ0) is 86.8. The number of carbonyl (C=O) groups is 1. The van der Waals surface area contributed by atoms with Gasteiger partial charge in [0, 0.05) is 42.5 Å². The molecule has 6 unspecified atom stereocenters. The molecule has 5 aliphatic rings. The fraction of sp³-hybridized carbons (Fsp3) is 0.195. The normalized spacial score (nSPS) is 16.2. The van der Waals surface area contributed by atoms with Crippen LogP contribution in [0.4, 0.5) is 0 Å². The van der Waals surface area contributed by atoms with Crippen molar-refractivity contribution in [2.45, 2.75) is 106 Å². The van der Waals surface area contributed by atoms with Crippen LogP contribution in [0.15, 0.2) is 370 Å². The Bertz CT molecular complexity index is 5320. The molecule has 646 valence electrons. The molecule has 15 aromatic rings. The van der Waals surface area contributed by atoms with Gasteiger partial charge >= 0.3 is 5.97 Å². The molecule has 129 heavy (non-hydrogen) atoms. The molecule has 0 saturated heterocycles. The van der Waals surface area contributed by atoms with E-state index >= 15 is 0 Å². The van der Waals surface area contributed by atoms with Gasteiger partial charge < -0.3 is 71.1 Å². The molecule has 5 fully saturated rings. The number of rotatable bonds is 45. The highest BCUT2D eigenvalue weighted by atomic mass is 16.5. The highest BCUT2D eigenvalue weighted by Gasteiger charge is 2.99. The van der Waals surface area contributed by atoms with Gasteiger partial charge in [-0.05, 0) is 204 Å². The monoisotopic (exact) mass is 1710 g/mol. The maximum atomic E-state index is 14.3. The Morgan fingerprint density at radius 2 is 0.349 bits per heavy atom. The van der Waals surface area contributed by atoms with Crippen molar-refractivity contribution in [3.05, 3.63) is 454 Å². The first-order valence-corrected chi connectivity index (χ1v) is 43.9. The summed E-state index contributed by atoms with van der Waals surface area (Å²) in [5, 5.41) is 0. The Hall–Kier alpha value is -15.0. The molecule has 0 spiro atoms. The number of hydrogen-bond acceptors (Lipinski definition) is 16. The van der Waals surface area contributed by atoms with Crippen LogP contribution < -0.4 is 66.3 Å². The fourth-order valence-electron chi connectivity index (χ4n) is 17.7. The van der Waals surface area contributed by atoms with Crippen molar-refractivity contribution in [2.24, 2.45) is 35.0 Å². The number of hydrogen-bond donors (Lipinski definition) is 0. The zero-order valence-corrected chi connectivity index (χ0v) is 71.5. The summed E-state index contributed by atoms with van der Waals surface area (Å²) in [5.74, 6) is 10.6. The molecule has 0 aromatic heterocycles. The van der Waals surface area contributed by atoms with E-state index in [1.165, 1.54) is 0 Å². The van der Waals surface area contributed by atoms with Gasteiger partial charge in [-0.15, -0.1) is 0 Å². The van der Waals surface area contributed by atoms with Crippen molar-refractivity contribution < 1.29 is 75.8 Å². The Kier molecular flexibility index (Phi) is 26.0. The van der Waals surface area contributed by atoms with Gasteiger partial charge in [0.15, 0.2) is 0 Å². The number of ether oxygens (including phenoxy) is 15. The molecule has 0 amide bonds. The molecule has 0 N–H and O–H groups in total. The van der Waals surface area contributed by atoms with Crippen LogP contribution in [-0.2, 0) is 109 Å². The van der Waals surface area contributed by atoms with E-state index in [-0.39, 0.29) is 57.6 Å². The van der Waals surface area contributed by atoms with Crippen LogP contribution in [0.3, 0.4) is 0 Å². The molecule has 0 heterocycles. The van der Waals surface area contributed by atoms with Gasteiger partial charge in [-0.2, -0.15) is 0 Å². The summed E-state index contributed by atoms with van der Waals surface area (Å²) in [4.78, 5) is 14.3. The van der Waals surface area contributed by atoms with Crippen molar-refractivity contribution >= 4 is 5.97 Å². The van der Waals surface area contributed by atoms with Gasteiger partial charge in [0.05, 0.1) is 5.41 Å². The van der Waals surface area contributed by atoms with E-state index in [0.717, 1.165) is 84.3 Å². The summed E-state index contributed by atoms with van der Waals surface area (Å²) in [6.07, 6.45) is 1.13. The second kappa shape index (κ2) is 40.1. The zero-order valence-electron chi connectivity index (χ0n) is 71.5. The average molecular weight is 1710 g/mol. The molecule has 15 aromatic carbocycles. The minimum atomic E-state index is -0.327. The molecule has 2 bridgehead atoms. The van der Waals surface area contributed by atoms with Crippen molar-refractivity contribution in [3.63, 3.8) is 0 Å². The number of esters is 1. The largest absolute Gasteiger partial charge is 0.489 e. The van der Waals surface area contributed by atoms with Crippen molar-refractivity contribution in [1.82, 2.24) is 0 Å². The SMILES string of the molecule is O=C(OCc1cc(OCc2cc(OCc3cc(OCc4ccccc4)cc(OCc4ccccc4)c3)cc(OCc3cc(OCc4ccccc4)cc(OCc4ccccc4)c3)c2)cc(OCc2cc(OCc3cc(OCc4ccccc4)cc(OCc4ccccc4)c3)cc(OCc3cc(OCc4ccccc4)cc(OCc4ccccc4)c3)c2)c1)C12C3CC4C(C41)C32. The van der Waals surface area contributed by atoms with E-state index in [0.29, 0.717) is 169 Å². The third-order valence-electron chi connectivity index (χ3n) is 23.9. The van der Waals surface area contributed by atoms with Gasteiger partial charge in [-0.3, -0.25) is 4.79 Å². The average Bonchev–Trinajstić information content (AvgIpc) is 1.40. The molecule has 5 aliphatic carbocycles. The van der Waals surface area contributed by atoms with Crippen LogP contribution in [0, 0.1) is 35.0 Å². The highest BCUT2D eigenvalue weighted by Crippen LogP contribution is 2.99. The molecule has 20 rings (SSSR count). The molecule has 5 saturated carbocycles. The molecule has 0 aliphatic heterocycles. The Labute approximate surface area is 751 Å². The maximum absolute atomic E-state index is 14.3. The summed E-state index contributed by atoms with van der Waals surface area (Å²) >= 11 is 0. The molecular weight excluding hydrogens is 1610 g/mol. The topological polar surface area (TPSA) is 156 Å². The van der Waals surface area contributed by atoms with Crippen molar-refractivity contribution in [1.29, 1.82) is 0 Å². The van der Waals surface area contributed by atoms with E-state index in [2.05, 4.69) is 0 Å². The third-order valence-corrected chi connectivity index (χ3v) is 23.9. The van der Waals surface area contributed by atoms with Crippen LogP contribution in [-0.4, -0.2) is 5.97 Å². The van der Waals surface area contributed by atoms with Crippen LogP contribution in [0.5, 0.6) is 80.5 Å². The second-order valence-electron chi connectivity index (χ2n) is 33.3. The van der Waals surface area contributed by atoms with Gasteiger partial charge in [0.2, 0.25) is 0 Å². The lowest BCUT2D eigenvalue weighted by Gasteiger charge is -2.22. The van der Waals surface area contributed by atoms with E-state index < -0.39 is 0 Å². The maximum Gasteiger partial charge on any atom is 0.313 e. The summed E-state index contributed by atoms with van der Waals surface area (Å²) < 4.78 is 99.3. The third kappa shape index (κ3) is 21.9. The predicted octanol–water partition coefficient (Wildman–Crippen LogP) is 24.3. The Balaban J connectivity index is 0.621. The van der Waals surface area contributed by atoms with E-state index in [9.17, 15) is 4.79 Å². The minimum absolute atomic E-state index is 0.0162. The van der Waals surface area contributed by atoms with Gasteiger partial charge in [0.1, 0.15) is 180 Å². The first-order chi connectivity index (χ1) is 63.6. The lowest BCUT2D eigenvalue weighted by Crippen LogP contribution is -2.30.